The standard InChI is InChI=1S/C21H11Cl9O2S/c1-2-18(31)32-33(19-12(25)3-9(22)4-13(19)26,20-14(27)5-10(23)6-15(20)28)21-16(29)7-11(24)8-17(21)30/h3-8H,2H2,1H3. The molecule has 33 heavy (non-hydrogen) atoms. The van der Waals surface area contributed by atoms with Gasteiger partial charge in [0.15, 0.2) is 0 Å². The largest absolute Gasteiger partial charge is 0.402 e. The van der Waals surface area contributed by atoms with Gasteiger partial charge in [0, 0.05) is 31.8 Å². The van der Waals surface area contributed by atoms with Crippen LogP contribution < -0.4 is 0 Å². The van der Waals surface area contributed by atoms with Crippen molar-refractivity contribution in [3.63, 3.8) is 0 Å². The van der Waals surface area contributed by atoms with Gasteiger partial charge in [-0.25, -0.2) is 0 Å². The van der Waals surface area contributed by atoms with Crippen LogP contribution in [0.1, 0.15) is 13.3 Å². The molecule has 3 aromatic carbocycles. The summed E-state index contributed by atoms with van der Waals surface area (Å²) in [5.74, 6) is -0.615. The minimum Gasteiger partial charge on any atom is -0.402 e. The molecule has 0 aliphatic heterocycles. The van der Waals surface area contributed by atoms with Gasteiger partial charge in [0.2, 0.25) is 0 Å². The van der Waals surface area contributed by atoms with Gasteiger partial charge in [-0.15, -0.1) is 0 Å². The number of carbonyl (C=O) groups is 1. The van der Waals surface area contributed by atoms with Gasteiger partial charge in [-0.05, 0) is 36.4 Å². The number of rotatable bonds is 5. The second-order valence-corrected chi connectivity index (χ2v) is 12.7. The first kappa shape index (κ1) is 27.7. The molecular weight excluding hydrogens is 635 g/mol. The Kier molecular flexibility index (Phi) is 9.23. The lowest BCUT2D eigenvalue weighted by Crippen LogP contribution is -2.15. The van der Waals surface area contributed by atoms with Crippen molar-refractivity contribution in [1.82, 2.24) is 0 Å². The normalized spacial score (nSPS) is 12.1. The zero-order valence-corrected chi connectivity index (χ0v) is 23.9. The molecule has 0 N–H and O–H groups in total. The van der Waals surface area contributed by atoms with Gasteiger partial charge in [0.25, 0.3) is 0 Å². The van der Waals surface area contributed by atoms with Crippen LogP contribution in [0.2, 0.25) is 45.2 Å². The highest BCUT2D eigenvalue weighted by Gasteiger charge is 2.45. The molecule has 0 unspecified atom stereocenters. The highest BCUT2D eigenvalue weighted by atomic mass is 35.5. The minimum atomic E-state index is -3.30. The average molecular weight is 646 g/mol. The molecule has 0 fully saturated rings. The molecule has 0 heterocycles. The van der Waals surface area contributed by atoms with Crippen molar-refractivity contribution in [3.8, 4) is 0 Å². The summed E-state index contributed by atoms with van der Waals surface area (Å²) in [6.45, 7) is 1.62. The van der Waals surface area contributed by atoms with Crippen molar-refractivity contribution in [2.75, 3.05) is 0 Å². The maximum Gasteiger partial charge on any atom is 0.316 e. The Bertz CT molecular complexity index is 1050. The van der Waals surface area contributed by atoms with Crippen molar-refractivity contribution in [2.24, 2.45) is 0 Å². The third kappa shape index (κ3) is 5.44. The smallest absolute Gasteiger partial charge is 0.316 e. The van der Waals surface area contributed by atoms with Crippen molar-refractivity contribution < 1.29 is 8.98 Å². The van der Waals surface area contributed by atoms with Gasteiger partial charge in [-0.1, -0.05) is 111 Å². The SMILES string of the molecule is CCC(=O)OS(c1c(Cl)cc(Cl)cc1Cl)(c1c(Cl)cc(Cl)cc1Cl)c1c(Cl)cc(Cl)cc1Cl. The molecule has 0 bridgehead atoms. The lowest BCUT2D eigenvalue weighted by atomic mass is 10.3. The molecule has 0 saturated heterocycles. The summed E-state index contributed by atoms with van der Waals surface area (Å²) in [6, 6.07) is 8.67. The number of benzene rings is 3. The lowest BCUT2D eigenvalue weighted by molar-refractivity contribution is -0.133. The van der Waals surface area contributed by atoms with Crippen molar-refractivity contribution in [3.05, 3.63) is 81.6 Å². The Morgan fingerprint density at radius 1 is 0.606 bits per heavy atom. The Hall–Kier alpha value is 0.0900. The van der Waals surface area contributed by atoms with E-state index in [2.05, 4.69) is 0 Å². The Morgan fingerprint density at radius 3 is 1.06 bits per heavy atom. The van der Waals surface area contributed by atoms with Crippen LogP contribution in [0.5, 0.6) is 0 Å². The predicted molar refractivity (Wildman–Crippen MR) is 143 cm³/mol. The van der Waals surface area contributed by atoms with Gasteiger partial charge in [-0.3, -0.25) is 4.79 Å². The molecule has 3 rings (SSSR count). The molecule has 0 amide bonds. The molecular formula is C21H11Cl9O2S. The molecule has 0 aliphatic carbocycles. The summed E-state index contributed by atoms with van der Waals surface area (Å²) in [5.41, 5.74) is 0. The van der Waals surface area contributed by atoms with Crippen LogP contribution >= 0.6 is 115 Å². The van der Waals surface area contributed by atoms with Crippen LogP contribution in [0.15, 0.2) is 51.1 Å². The number of halogens is 9. The number of hydrogen-bond acceptors (Lipinski definition) is 2. The van der Waals surface area contributed by atoms with Crippen molar-refractivity contribution in [1.29, 1.82) is 0 Å². The molecule has 0 radical (unpaired) electrons. The van der Waals surface area contributed by atoms with E-state index < -0.39 is 16.3 Å². The van der Waals surface area contributed by atoms with Crippen molar-refractivity contribution >= 4 is 121 Å². The fourth-order valence-corrected chi connectivity index (χ4v) is 10.7. The second-order valence-electron chi connectivity index (χ2n) is 6.46. The Balaban J connectivity index is 2.67. The molecule has 0 atom stereocenters. The molecule has 0 aliphatic rings. The molecule has 176 valence electrons. The molecule has 3 aromatic rings. The van der Waals surface area contributed by atoms with Crippen LogP contribution in [0.4, 0.5) is 0 Å². The van der Waals surface area contributed by atoms with Crippen LogP contribution in [-0.2, 0) is 8.98 Å². The fourth-order valence-electron chi connectivity index (χ4n) is 3.04. The van der Waals surface area contributed by atoms with Gasteiger partial charge in [0.1, 0.15) is 0 Å². The monoisotopic (exact) mass is 642 g/mol. The Labute approximate surface area is 237 Å². The van der Waals surface area contributed by atoms with Crippen molar-refractivity contribution in [2.45, 2.75) is 28.0 Å². The van der Waals surface area contributed by atoms with Gasteiger partial charge >= 0.3 is 5.97 Å². The second kappa shape index (κ2) is 11.0. The zero-order chi connectivity index (χ0) is 24.7. The topological polar surface area (TPSA) is 26.3 Å². The van der Waals surface area contributed by atoms with E-state index in [1.165, 1.54) is 36.4 Å². The first-order chi connectivity index (χ1) is 15.4. The van der Waals surface area contributed by atoms with E-state index in [1.807, 2.05) is 0 Å². The van der Waals surface area contributed by atoms with Crippen LogP contribution in [-0.4, -0.2) is 5.97 Å². The van der Waals surface area contributed by atoms with Crippen LogP contribution in [0.25, 0.3) is 0 Å². The van der Waals surface area contributed by atoms with Crippen LogP contribution in [0.3, 0.4) is 0 Å². The van der Waals surface area contributed by atoms with E-state index in [-0.39, 0.29) is 66.3 Å². The maximum absolute atomic E-state index is 12.9. The molecule has 2 nitrogen and oxygen atoms in total. The minimum absolute atomic E-state index is 0.00321. The van der Waals surface area contributed by atoms with Gasteiger partial charge in [0.05, 0.1) is 44.8 Å². The molecule has 0 saturated carbocycles. The lowest BCUT2D eigenvalue weighted by Gasteiger charge is -2.42. The quantitative estimate of drug-likeness (QED) is 0.276. The van der Waals surface area contributed by atoms with E-state index in [1.54, 1.807) is 6.92 Å². The first-order valence-corrected chi connectivity index (χ1v) is 13.9. The summed E-state index contributed by atoms with van der Waals surface area (Å²) in [7, 11) is -3.30. The summed E-state index contributed by atoms with van der Waals surface area (Å²) >= 11 is 58.4. The zero-order valence-electron chi connectivity index (χ0n) is 16.3. The highest BCUT2D eigenvalue weighted by molar-refractivity contribution is 8.30. The van der Waals surface area contributed by atoms with E-state index in [4.69, 9.17) is 109 Å². The number of carbonyl (C=O) groups excluding carboxylic acids is 1. The summed E-state index contributed by atoms with van der Waals surface area (Å²) in [5, 5.41) is 1.24. The summed E-state index contributed by atoms with van der Waals surface area (Å²) < 4.78 is 6.16. The highest BCUT2D eigenvalue weighted by Crippen LogP contribution is 2.77. The summed E-state index contributed by atoms with van der Waals surface area (Å²) in [6.07, 6.45) is 0.00321. The molecule has 0 aromatic heterocycles. The molecule has 0 spiro atoms. The van der Waals surface area contributed by atoms with Gasteiger partial charge < -0.3 is 4.18 Å². The van der Waals surface area contributed by atoms with E-state index in [0.29, 0.717) is 0 Å². The van der Waals surface area contributed by atoms with E-state index >= 15 is 0 Å². The van der Waals surface area contributed by atoms with Gasteiger partial charge in [-0.2, -0.15) is 0 Å². The molecule has 12 heteroatoms. The fraction of sp³-hybridized carbons (Fsp3) is 0.0952. The van der Waals surface area contributed by atoms with E-state index in [0.717, 1.165) is 0 Å². The number of hydrogen-bond donors (Lipinski definition) is 0. The predicted octanol–water partition coefficient (Wildman–Crippen LogP) is 11.7. The Morgan fingerprint density at radius 2 is 0.848 bits per heavy atom. The summed E-state index contributed by atoms with van der Waals surface area (Å²) in [4.78, 5) is 13.4. The maximum atomic E-state index is 12.9. The van der Waals surface area contributed by atoms with E-state index in [9.17, 15) is 4.79 Å². The average Bonchev–Trinajstić information content (AvgIpc) is 2.65. The first-order valence-electron chi connectivity index (χ1n) is 8.91. The van der Waals surface area contributed by atoms with Crippen LogP contribution in [0, 0.1) is 0 Å². The third-order valence-corrected chi connectivity index (χ3v) is 10.9. The third-order valence-electron chi connectivity index (χ3n) is 4.26.